The number of aliphatic hydroxyl groups excluding tert-OH is 1. The van der Waals surface area contributed by atoms with E-state index in [9.17, 15) is 24.6 Å². The Labute approximate surface area is 288 Å². The van der Waals surface area contributed by atoms with Gasteiger partial charge in [-0.15, -0.1) is 0 Å². The first kappa shape index (κ1) is 44.8. The van der Waals surface area contributed by atoms with E-state index >= 15 is 0 Å². The standard InChI is InChI=1S/C30H40O10Si.CH6Si.4CH4/c1-15-18(36-6)13-30(35)25(38-26(34)17-10-8-7-9-11-17)23-28(5,24(33)22(32)21(15)27(30,3)4)19(40-41)12-20-29(23,14-37-20)39-16(2)31;1-2;;;;/h7-11,18-20,22-23,25,32,35H,12-14H2,1-6,41H3;1-2H3;4*1H4/t18-,19-,20+,22+,23-,25-,28+,29-,30+;;;;;/m0...../s1. The zero-order chi connectivity index (χ0) is 32.1. The number of carbonyl (C=O) groups excluding carboxylic acids is 3. The van der Waals surface area contributed by atoms with Crippen LogP contribution >= 0.6 is 0 Å². The third-order valence-electron chi connectivity index (χ3n) is 10.5. The van der Waals surface area contributed by atoms with Crippen molar-refractivity contribution >= 4 is 38.5 Å². The zero-order valence-electron chi connectivity index (χ0n) is 26.6. The average molecular weight is 699 g/mol. The highest BCUT2D eigenvalue weighted by Gasteiger charge is 2.78. The Kier molecular flexibility index (Phi) is 15.3. The second kappa shape index (κ2) is 16.0. The molecule has 2 saturated carbocycles. The number of carbonyl (C=O) groups is 3. The van der Waals surface area contributed by atoms with Gasteiger partial charge in [0.05, 0.1) is 35.7 Å². The Bertz CT molecular complexity index is 1290. The van der Waals surface area contributed by atoms with Crippen LogP contribution in [0.2, 0.25) is 6.55 Å². The summed E-state index contributed by atoms with van der Waals surface area (Å²) in [5.74, 6) is -2.99. The molecule has 9 atom stereocenters. The number of rotatable bonds is 5. The maximum absolute atomic E-state index is 14.7. The average Bonchev–Trinajstić information content (AvgIpc) is 2.97. The molecule has 0 amide bonds. The lowest BCUT2D eigenvalue weighted by molar-refractivity contribution is -0.344. The van der Waals surface area contributed by atoms with Gasteiger partial charge in [0.15, 0.2) is 11.4 Å². The topological polar surface area (TPSA) is 138 Å². The summed E-state index contributed by atoms with van der Waals surface area (Å²) in [6.07, 6.45) is -4.88. The summed E-state index contributed by atoms with van der Waals surface area (Å²) in [7, 11) is 3.05. The molecule has 0 aromatic heterocycles. The van der Waals surface area contributed by atoms with Crippen molar-refractivity contribution in [2.75, 3.05) is 13.7 Å². The number of Topliss-reactive ketones (excluding diaryl/α,β-unsaturated/α-hetero) is 1. The van der Waals surface area contributed by atoms with E-state index in [0.717, 1.165) is 0 Å². The summed E-state index contributed by atoms with van der Waals surface area (Å²) >= 11 is 0. The smallest absolute Gasteiger partial charge is 0.338 e. The molecule has 1 heterocycles. The van der Waals surface area contributed by atoms with Gasteiger partial charge in [-0.1, -0.05) is 68.3 Å². The van der Waals surface area contributed by atoms with Crippen molar-refractivity contribution in [1.29, 1.82) is 0 Å². The minimum atomic E-state index is -1.87. The van der Waals surface area contributed by atoms with Crippen LogP contribution in [0.25, 0.3) is 0 Å². The molecule has 2 N–H and O–H groups in total. The molecule has 1 aromatic rings. The second-order valence-corrected chi connectivity index (χ2v) is 13.1. The van der Waals surface area contributed by atoms with Crippen molar-refractivity contribution in [3.63, 3.8) is 0 Å². The van der Waals surface area contributed by atoms with E-state index in [-0.39, 0.29) is 65.2 Å². The van der Waals surface area contributed by atoms with Crippen molar-refractivity contribution in [3.8, 4) is 0 Å². The molecule has 5 rings (SSSR count). The molecule has 270 valence electrons. The molecule has 1 aliphatic heterocycles. The third kappa shape index (κ3) is 6.47. The van der Waals surface area contributed by atoms with Crippen LogP contribution in [0.3, 0.4) is 0 Å². The zero-order valence-corrected chi connectivity index (χ0v) is 30.6. The van der Waals surface area contributed by atoms with Crippen molar-refractivity contribution in [3.05, 3.63) is 47.0 Å². The number of hydrogen-bond acceptors (Lipinski definition) is 10. The molecule has 0 unspecified atom stereocenters. The van der Waals surface area contributed by atoms with E-state index in [2.05, 4.69) is 6.55 Å². The molecular formula is C35H62O10Si2. The van der Waals surface area contributed by atoms with E-state index in [0.29, 0.717) is 11.1 Å². The van der Waals surface area contributed by atoms with Crippen LogP contribution in [-0.2, 0) is 33.0 Å². The summed E-state index contributed by atoms with van der Waals surface area (Å²) in [4.78, 5) is 41.0. The first-order valence-corrected chi connectivity index (χ1v) is 17.8. The first-order valence-electron chi connectivity index (χ1n) is 15.0. The minimum absolute atomic E-state index is 0. The highest BCUT2D eigenvalue weighted by Crippen LogP contribution is 2.64. The van der Waals surface area contributed by atoms with E-state index in [1.807, 2.05) is 0 Å². The molecular weight excluding hydrogens is 637 g/mol. The Morgan fingerprint density at radius 2 is 1.62 bits per heavy atom. The molecule has 0 spiro atoms. The van der Waals surface area contributed by atoms with Gasteiger partial charge < -0.3 is 33.6 Å². The normalized spacial score (nSPS) is 36.2. The number of benzene rings is 1. The van der Waals surface area contributed by atoms with E-state index < -0.39 is 76.2 Å². The van der Waals surface area contributed by atoms with Gasteiger partial charge in [0.2, 0.25) is 0 Å². The lowest BCUT2D eigenvalue weighted by Gasteiger charge is -2.67. The molecule has 4 aliphatic rings. The van der Waals surface area contributed by atoms with Crippen LogP contribution in [0.1, 0.15) is 87.5 Å². The maximum atomic E-state index is 14.7. The number of hydrogen-bond donors (Lipinski definition) is 2. The van der Waals surface area contributed by atoms with Gasteiger partial charge in [0.1, 0.15) is 34.4 Å². The molecule has 10 nitrogen and oxygen atoms in total. The molecule has 1 aromatic carbocycles. The highest BCUT2D eigenvalue weighted by atomic mass is 28.2. The van der Waals surface area contributed by atoms with Crippen LogP contribution in [0, 0.1) is 16.7 Å². The van der Waals surface area contributed by atoms with Crippen molar-refractivity contribution in [2.24, 2.45) is 16.7 Å². The fourth-order valence-corrected chi connectivity index (χ4v) is 8.91. The van der Waals surface area contributed by atoms with Gasteiger partial charge >= 0.3 is 11.9 Å². The summed E-state index contributed by atoms with van der Waals surface area (Å²) in [5, 5.41) is 24.8. The predicted molar refractivity (Wildman–Crippen MR) is 191 cm³/mol. The molecule has 2 bridgehead atoms. The van der Waals surface area contributed by atoms with E-state index in [4.69, 9.17) is 23.4 Å². The maximum Gasteiger partial charge on any atom is 0.338 e. The number of esters is 2. The molecule has 3 fully saturated rings. The van der Waals surface area contributed by atoms with Gasteiger partial charge in [-0.05, 0) is 47.4 Å². The van der Waals surface area contributed by atoms with Crippen LogP contribution in [0.5, 0.6) is 0 Å². The molecule has 0 radical (unpaired) electrons. The SMILES string of the molecule is C.C.C.C.CO[C@H]1C[C@@]2(O)[C@@H](OC(=O)c3ccccc3)[C@@H]3[C@]4(OC(C)=O)CO[C@@H]4C[C@H](O[SiH3])[C@@]3(C)C(=O)[C@H](O)C(=C1C)C2(C)C.C[SiH3]. The first-order chi connectivity index (χ1) is 20.2. The fraction of sp³-hybridized carbons (Fsp3) is 0.686. The van der Waals surface area contributed by atoms with Gasteiger partial charge in [0, 0.05) is 32.3 Å². The molecule has 1 saturated heterocycles. The second-order valence-electron chi connectivity index (χ2n) is 12.6. The Morgan fingerprint density at radius 3 is 2.09 bits per heavy atom. The van der Waals surface area contributed by atoms with Crippen LogP contribution in [0.15, 0.2) is 41.5 Å². The summed E-state index contributed by atoms with van der Waals surface area (Å²) in [5.41, 5.74) is -4.88. The molecule has 12 heteroatoms. The van der Waals surface area contributed by atoms with Crippen LogP contribution in [0.4, 0.5) is 0 Å². The van der Waals surface area contributed by atoms with E-state index in [1.54, 1.807) is 58.0 Å². The largest absolute Gasteiger partial charge is 0.455 e. The lowest BCUT2D eigenvalue weighted by atomic mass is 9.44. The van der Waals surface area contributed by atoms with Crippen LogP contribution in [-0.4, -0.2) is 104 Å². The number of aliphatic hydroxyl groups is 2. The third-order valence-corrected chi connectivity index (χ3v) is 11.0. The number of fused-ring (bicyclic) bond motifs is 5. The number of ether oxygens (including phenoxy) is 4. The summed E-state index contributed by atoms with van der Waals surface area (Å²) in [6, 6.07) is 8.37. The van der Waals surface area contributed by atoms with E-state index in [1.165, 1.54) is 24.3 Å². The van der Waals surface area contributed by atoms with Gasteiger partial charge in [-0.2, -0.15) is 0 Å². The highest BCUT2D eigenvalue weighted by molar-refractivity contribution is 6.05. The summed E-state index contributed by atoms with van der Waals surface area (Å²) in [6.45, 7) is 10.3. The lowest BCUT2D eigenvalue weighted by Crippen LogP contribution is -2.82. The van der Waals surface area contributed by atoms with Crippen molar-refractivity contribution in [2.45, 2.75) is 125 Å². The molecule has 47 heavy (non-hydrogen) atoms. The Morgan fingerprint density at radius 1 is 1.04 bits per heavy atom. The van der Waals surface area contributed by atoms with Gasteiger partial charge in [-0.3, -0.25) is 9.59 Å². The summed E-state index contributed by atoms with van der Waals surface area (Å²) < 4.78 is 30.1. The quantitative estimate of drug-likeness (QED) is 0.268. The fourth-order valence-electron chi connectivity index (χ4n) is 8.22. The van der Waals surface area contributed by atoms with Crippen molar-refractivity contribution in [1.82, 2.24) is 0 Å². The number of methoxy groups -OCH3 is 1. The Hall–Kier alpha value is -2.20. The Balaban J connectivity index is 0.00000346. The minimum Gasteiger partial charge on any atom is -0.455 e. The van der Waals surface area contributed by atoms with Crippen molar-refractivity contribution < 1.29 is 48.0 Å². The van der Waals surface area contributed by atoms with Gasteiger partial charge in [0.25, 0.3) is 0 Å². The van der Waals surface area contributed by atoms with Crippen LogP contribution < -0.4 is 0 Å². The molecule has 3 aliphatic carbocycles. The van der Waals surface area contributed by atoms with Gasteiger partial charge in [-0.25, -0.2) is 4.79 Å². The predicted octanol–water partition coefficient (Wildman–Crippen LogP) is 2.98. The number of ketones is 1. The monoisotopic (exact) mass is 698 g/mol.